The molecule has 0 heterocycles. The molecule has 0 saturated carbocycles. The van der Waals surface area contributed by atoms with Gasteiger partial charge in [0, 0.05) is 29.9 Å². The second-order valence-electron chi connectivity index (χ2n) is 2.70. The predicted molar refractivity (Wildman–Crippen MR) is 43.0 cm³/mol. The fraction of sp³-hybridized carbons (Fsp3) is 0.750. The van der Waals surface area contributed by atoms with Crippen molar-refractivity contribution in [1.82, 2.24) is 0 Å². The van der Waals surface area contributed by atoms with Crippen LogP contribution in [0.3, 0.4) is 0 Å². The van der Waals surface area contributed by atoms with Gasteiger partial charge in [-0.15, -0.1) is 0 Å². The van der Waals surface area contributed by atoms with Crippen LogP contribution in [0.15, 0.2) is 0 Å². The molecule has 0 atom stereocenters. The molecule has 0 aliphatic rings. The zero-order valence-electron chi connectivity index (χ0n) is 7.33. The fourth-order valence-electron chi connectivity index (χ4n) is 0.906. The molecule has 0 unspecified atom stereocenters. The van der Waals surface area contributed by atoms with Gasteiger partial charge in [0.15, 0.2) is 0 Å². The summed E-state index contributed by atoms with van der Waals surface area (Å²) in [5.74, 6) is -1.57. The Bertz CT molecular complexity index is 140. The van der Waals surface area contributed by atoms with Gasteiger partial charge in [-0.3, -0.25) is 9.59 Å². The fourth-order valence-corrected chi connectivity index (χ4v) is 0.906. The first kappa shape index (κ1) is 15.0. The Kier molecular flexibility index (Phi) is 11.0. The van der Waals surface area contributed by atoms with Gasteiger partial charge in [0.05, 0.1) is 0 Å². The van der Waals surface area contributed by atoms with Crippen LogP contribution in [0.5, 0.6) is 0 Å². The molecule has 77 valence electrons. The van der Waals surface area contributed by atoms with E-state index in [-0.39, 0.29) is 29.9 Å². The topological polar surface area (TPSA) is 74.6 Å². The summed E-state index contributed by atoms with van der Waals surface area (Å²) in [5, 5.41) is 16.5. The number of carboxylic acid groups (broad SMARTS) is 2. The van der Waals surface area contributed by atoms with Crippen molar-refractivity contribution < 1.29 is 36.9 Å². The summed E-state index contributed by atoms with van der Waals surface area (Å²) in [6.45, 7) is 0. The summed E-state index contributed by atoms with van der Waals surface area (Å²) in [5.41, 5.74) is 0. The van der Waals surface area contributed by atoms with Gasteiger partial charge in [-0.2, -0.15) is 0 Å². The Hall–Kier alpha value is -0.541. The molecule has 1 radical (unpaired) electrons. The molecule has 0 aliphatic carbocycles. The quantitative estimate of drug-likeness (QED) is 0.512. The van der Waals surface area contributed by atoms with E-state index in [1.807, 2.05) is 0 Å². The average molecular weight is 229 g/mol. The van der Waals surface area contributed by atoms with E-state index in [9.17, 15) is 9.59 Å². The van der Waals surface area contributed by atoms with Crippen molar-refractivity contribution in [3.63, 3.8) is 0 Å². The van der Waals surface area contributed by atoms with Crippen molar-refractivity contribution in [3.05, 3.63) is 0 Å². The van der Waals surface area contributed by atoms with Crippen LogP contribution < -0.4 is 0 Å². The summed E-state index contributed by atoms with van der Waals surface area (Å²) < 4.78 is 0. The largest absolute Gasteiger partial charge is 0.481 e. The van der Waals surface area contributed by atoms with Crippen LogP contribution in [0.2, 0.25) is 0 Å². The van der Waals surface area contributed by atoms with Crippen LogP contribution in [0.25, 0.3) is 0 Å². The second-order valence-corrected chi connectivity index (χ2v) is 2.70. The Morgan fingerprint density at radius 3 is 1.31 bits per heavy atom. The molecule has 0 bridgehead atoms. The molecule has 5 heteroatoms. The van der Waals surface area contributed by atoms with Crippen LogP contribution in [-0.2, 0) is 26.7 Å². The summed E-state index contributed by atoms with van der Waals surface area (Å²) in [7, 11) is 0. The third-order valence-electron chi connectivity index (χ3n) is 1.53. The third-order valence-corrected chi connectivity index (χ3v) is 1.53. The predicted octanol–water partition coefficient (Wildman–Crippen LogP) is 1.49. The van der Waals surface area contributed by atoms with Gasteiger partial charge < -0.3 is 10.2 Å². The second kappa shape index (κ2) is 9.55. The molecule has 0 aromatic rings. The Labute approximate surface area is 87.8 Å². The van der Waals surface area contributed by atoms with Gasteiger partial charge in [0.25, 0.3) is 0 Å². The van der Waals surface area contributed by atoms with Crippen molar-refractivity contribution in [2.75, 3.05) is 0 Å². The third kappa shape index (κ3) is 14.3. The van der Waals surface area contributed by atoms with E-state index in [4.69, 9.17) is 10.2 Å². The molecule has 0 aromatic carbocycles. The number of hydrogen-bond acceptors (Lipinski definition) is 2. The number of unbranched alkanes of at least 4 members (excludes halogenated alkanes) is 3. The SMILES string of the molecule is O=C(O)CCCCCCC(=O)O.[Mn]. The van der Waals surface area contributed by atoms with Gasteiger partial charge in [-0.05, 0) is 12.8 Å². The summed E-state index contributed by atoms with van der Waals surface area (Å²) >= 11 is 0. The minimum atomic E-state index is -0.784. The molecule has 0 fully saturated rings. The molecule has 0 rings (SSSR count). The van der Waals surface area contributed by atoms with E-state index in [1.165, 1.54) is 0 Å². The van der Waals surface area contributed by atoms with Gasteiger partial charge in [-0.1, -0.05) is 12.8 Å². The molecule has 2 N–H and O–H groups in total. The van der Waals surface area contributed by atoms with Crippen molar-refractivity contribution in [2.24, 2.45) is 0 Å². The van der Waals surface area contributed by atoms with Crippen molar-refractivity contribution in [2.45, 2.75) is 38.5 Å². The van der Waals surface area contributed by atoms with E-state index in [2.05, 4.69) is 0 Å². The van der Waals surface area contributed by atoms with E-state index in [0.717, 1.165) is 12.8 Å². The number of carboxylic acids is 2. The maximum atomic E-state index is 10.0. The Morgan fingerprint density at radius 2 is 1.08 bits per heavy atom. The summed E-state index contributed by atoms with van der Waals surface area (Å²) in [6.07, 6.45) is 3.28. The maximum Gasteiger partial charge on any atom is 0.303 e. The minimum absolute atomic E-state index is 0. The molecule has 0 amide bonds. The minimum Gasteiger partial charge on any atom is -0.481 e. The molecule has 13 heavy (non-hydrogen) atoms. The first-order chi connectivity index (χ1) is 5.63. The molecular weight excluding hydrogens is 215 g/mol. The van der Waals surface area contributed by atoms with E-state index in [0.29, 0.717) is 12.8 Å². The van der Waals surface area contributed by atoms with E-state index < -0.39 is 11.9 Å². The van der Waals surface area contributed by atoms with E-state index >= 15 is 0 Å². The van der Waals surface area contributed by atoms with E-state index in [1.54, 1.807) is 0 Å². The Morgan fingerprint density at radius 1 is 0.769 bits per heavy atom. The molecule has 0 aliphatic heterocycles. The first-order valence-corrected chi connectivity index (χ1v) is 4.06. The monoisotopic (exact) mass is 229 g/mol. The zero-order chi connectivity index (χ0) is 9.40. The molecule has 0 spiro atoms. The summed E-state index contributed by atoms with van der Waals surface area (Å²) in [4.78, 5) is 20.1. The van der Waals surface area contributed by atoms with Crippen LogP contribution >= 0.6 is 0 Å². The van der Waals surface area contributed by atoms with Crippen LogP contribution in [0.4, 0.5) is 0 Å². The molecule has 0 aromatic heterocycles. The van der Waals surface area contributed by atoms with Crippen LogP contribution in [0, 0.1) is 0 Å². The van der Waals surface area contributed by atoms with Crippen molar-refractivity contribution >= 4 is 11.9 Å². The standard InChI is InChI=1S/C8H14O4.Mn/c9-7(10)5-3-1-2-4-6-8(11)12;/h1-6H2,(H,9,10)(H,11,12);. The first-order valence-electron chi connectivity index (χ1n) is 4.06. The van der Waals surface area contributed by atoms with Gasteiger partial charge in [0.2, 0.25) is 0 Å². The van der Waals surface area contributed by atoms with Gasteiger partial charge in [0.1, 0.15) is 0 Å². The number of carbonyl (C=O) groups is 2. The zero-order valence-corrected chi connectivity index (χ0v) is 8.51. The maximum absolute atomic E-state index is 10.0. The number of rotatable bonds is 7. The summed E-state index contributed by atoms with van der Waals surface area (Å²) in [6, 6.07) is 0. The van der Waals surface area contributed by atoms with Crippen molar-refractivity contribution in [1.29, 1.82) is 0 Å². The van der Waals surface area contributed by atoms with Crippen molar-refractivity contribution in [3.8, 4) is 0 Å². The number of hydrogen-bond donors (Lipinski definition) is 2. The molecule has 4 nitrogen and oxygen atoms in total. The molecular formula is C8H14MnO4. The van der Waals surface area contributed by atoms with Gasteiger partial charge in [-0.25, -0.2) is 0 Å². The van der Waals surface area contributed by atoms with Gasteiger partial charge >= 0.3 is 11.9 Å². The smallest absolute Gasteiger partial charge is 0.303 e. The average Bonchev–Trinajstić information content (AvgIpc) is 1.95. The number of aliphatic carboxylic acids is 2. The van der Waals surface area contributed by atoms with Crippen LogP contribution in [-0.4, -0.2) is 22.2 Å². The van der Waals surface area contributed by atoms with Crippen LogP contribution in [0.1, 0.15) is 38.5 Å². The normalized spacial score (nSPS) is 8.92. The molecule has 0 saturated heterocycles. The Balaban J connectivity index is 0.